The van der Waals surface area contributed by atoms with Gasteiger partial charge in [-0.3, -0.25) is 0 Å². The fourth-order valence-electron chi connectivity index (χ4n) is 10.5. The van der Waals surface area contributed by atoms with Crippen LogP contribution in [0, 0.1) is 0 Å². The monoisotopic (exact) mass is 811 g/mol. The van der Waals surface area contributed by atoms with Gasteiger partial charge in [-0.05, 0) is 139 Å². The Hall–Kier alpha value is -7.00. The summed E-state index contributed by atoms with van der Waals surface area (Å²) in [6.45, 7) is 9.51. The molecule has 0 amide bonds. The molecule has 296 valence electrons. The molecule has 0 unspecified atom stereocenters. The summed E-state index contributed by atoms with van der Waals surface area (Å²) in [6, 6.07) is 74.8. The van der Waals surface area contributed by atoms with Crippen molar-refractivity contribution in [3.8, 4) is 55.6 Å². The van der Waals surface area contributed by atoms with E-state index in [1.807, 2.05) is 11.3 Å². The van der Waals surface area contributed by atoms with E-state index in [9.17, 15) is 0 Å². The first-order valence-electron chi connectivity index (χ1n) is 21.7. The SMILES string of the molecule is CC1(C)c2ccccc2-c2ccc(N(c3ccc(-c4ccc(-c5ccc6sc7ccccc7c6c5)cc4)cc3)c3ccc4c(c3)C(C)(C)c3cc(-c5ccccc5)ccc3-4)cc21. The van der Waals surface area contributed by atoms with Crippen LogP contribution in [-0.4, -0.2) is 0 Å². The molecule has 2 aliphatic rings. The molecule has 1 nitrogen and oxygen atoms in total. The molecule has 1 aromatic heterocycles. The second-order valence-corrected chi connectivity index (χ2v) is 19.2. The van der Waals surface area contributed by atoms with Crippen molar-refractivity contribution in [2.24, 2.45) is 0 Å². The molecule has 0 bridgehead atoms. The molecule has 0 saturated carbocycles. The third kappa shape index (κ3) is 5.67. The Labute approximate surface area is 368 Å². The summed E-state index contributed by atoms with van der Waals surface area (Å²) in [4.78, 5) is 2.46. The van der Waals surface area contributed by atoms with Gasteiger partial charge in [0, 0.05) is 48.1 Å². The molecule has 0 atom stereocenters. The number of nitrogens with zero attached hydrogens (tertiary/aromatic N) is 1. The summed E-state index contributed by atoms with van der Waals surface area (Å²) in [5.74, 6) is 0. The van der Waals surface area contributed by atoms with Crippen molar-refractivity contribution in [3.05, 3.63) is 222 Å². The minimum absolute atomic E-state index is 0.106. The van der Waals surface area contributed by atoms with Gasteiger partial charge in [-0.1, -0.05) is 167 Å². The number of rotatable bonds is 6. The van der Waals surface area contributed by atoms with Crippen LogP contribution in [0.4, 0.5) is 17.1 Å². The molecule has 0 fully saturated rings. The molecular formula is C60H45NS. The summed E-state index contributed by atoms with van der Waals surface area (Å²) in [6.07, 6.45) is 0. The van der Waals surface area contributed by atoms with Gasteiger partial charge in [0.05, 0.1) is 0 Å². The smallest absolute Gasteiger partial charge is 0.0465 e. The molecule has 0 aliphatic heterocycles. The fourth-order valence-corrected chi connectivity index (χ4v) is 11.6. The van der Waals surface area contributed by atoms with Crippen LogP contribution in [0.5, 0.6) is 0 Å². The second-order valence-electron chi connectivity index (χ2n) is 18.2. The van der Waals surface area contributed by atoms with Gasteiger partial charge in [0.15, 0.2) is 0 Å². The molecule has 0 N–H and O–H groups in total. The third-order valence-electron chi connectivity index (χ3n) is 13.9. The molecule has 0 radical (unpaired) electrons. The molecule has 2 heteroatoms. The van der Waals surface area contributed by atoms with E-state index in [0.717, 1.165) is 17.1 Å². The van der Waals surface area contributed by atoms with Gasteiger partial charge in [-0.25, -0.2) is 0 Å². The minimum atomic E-state index is -0.169. The van der Waals surface area contributed by atoms with Crippen LogP contribution in [0.25, 0.3) is 75.8 Å². The van der Waals surface area contributed by atoms with E-state index >= 15 is 0 Å². The van der Waals surface area contributed by atoms with Gasteiger partial charge >= 0.3 is 0 Å². The topological polar surface area (TPSA) is 3.24 Å². The van der Waals surface area contributed by atoms with Gasteiger partial charge in [0.2, 0.25) is 0 Å². The molecule has 62 heavy (non-hydrogen) atoms. The van der Waals surface area contributed by atoms with Crippen LogP contribution in [0.3, 0.4) is 0 Å². The maximum Gasteiger partial charge on any atom is 0.0465 e. The highest BCUT2D eigenvalue weighted by atomic mass is 32.1. The lowest BCUT2D eigenvalue weighted by Crippen LogP contribution is -2.18. The van der Waals surface area contributed by atoms with Gasteiger partial charge in [0.25, 0.3) is 0 Å². The number of fused-ring (bicyclic) bond motifs is 9. The highest BCUT2D eigenvalue weighted by Gasteiger charge is 2.38. The van der Waals surface area contributed by atoms with E-state index in [2.05, 4.69) is 233 Å². The van der Waals surface area contributed by atoms with Crippen LogP contribution in [0.2, 0.25) is 0 Å². The zero-order valence-electron chi connectivity index (χ0n) is 35.4. The van der Waals surface area contributed by atoms with E-state index in [1.165, 1.54) is 98.1 Å². The number of anilines is 3. The minimum Gasteiger partial charge on any atom is -0.310 e. The Morgan fingerprint density at radius 1 is 0.306 bits per heavy atom. The lowest BCUT2D eigenvalue weighted by molar-refractivity contribution is 0.660. The van der Waals surface area contributed by atoms with E-state index in [1.54, 1.807) is 0 Å². The molecule has 9 aromatic carbocycles. The first-order valence-corrected chi connectivity index (χ1v) is 22.6. The van der Waals surface area contributed by atoms with Gasteiger partial charge in [-0.2, -0.15) is 0 Å². The average molecular weight is 812 g/mol. The first kappa shape index (κ1) is 36.8. The van der Waals surface area contributed by atoms with Crippen molar-refractivity contribution in [3.63, 3.8) is 0 Å². The molecule has 0 saturated heterocycles. The number of hydrogen-bond acceptors (Lipinski definition) is 2. The highest BCUT2D eigenvalue weighted by Crippen LogP contribution is 2.53. The lowest BCUT2D eigenvalue weighted by Gasteiger charge is -2.30. The average Bonchev–Trinajstić information content (AvgIpc) is 3.88. The van der Waals surface area contributed by atoms with E-state index in [0.29, 0.717) is 0 Å². The van der Waals surface area contributed by atoms with Gasteiger partial charge in [-0.15, -0.1) is 11.3 Å². The number of thiophene rings is 1. The summed E-state index contributed by atoms with van der Waals surface area (Å²) in [5, 5.41) is 2.66. The lowest BCUT2D eigenvalue weighted by atomic mass is 9.81. The van der Waals surface area contributed by atoms with Crippen LogP contribution in [0.15, 0.2) is 200 Å². The van der Waals surface area contributed by atoms with Crippen molar-refractivity contribution in [2.75, 3.05) is 4.90 Å². The van der Waals surface area contributed by atoms with Crippen molar-refractivity contribution in [1.82, 2.24) is 0 Å². The van der Waals surface area contributed by atoms with E-state index in [4.69, 9.17) is 0 Å². The fraction of sp³-hybridized carbons (Fsp3) is 0.100. The Morgan fingerprint density at radius 3 is 1.44 bits per heavy atom. The zero-order chi connectivity index (χ0) is 41.7. The maximum absolute atomic E-state index is 2.46. The predicted molar refractivity (Wildman–Crippen MR) is 265 cm³/mol. The van der Waals surface area contributed by atoms with Crippen LogP contribution in [-0.2, 0) is 10.8 Å². The molecule has 2 aliphatic carbocycles. The molecule has 0 spiro atoms. The van der Waals surface area contributed by atoms with E-state index in [-0.39, 0.29) is 10.8 Å². The Bertz CT molecular complexity index is 3390. The van der Waals surface area contributed by atoms with E-state index < -0.39 is 0 Å². The van der Waals surface area contributed by atoms with Crippen molar-refractivity contribution >= 4 is 48.6 Å². The zero-order valence-corrected chi connectivity index (χ0v) is 36.2. The highest BCUT2D eigenvalue weighted by molar-refractivity contribution is 7.25. The third-order valence-corrected chi connectivity index (χ3v) is 15.1. The van der Waals surface area contributed by atoms with Crippen molar-refractivity contribution in [2.45, 2.75) is 38.5 Å². The van der Waals surface area contributed by atoms with Gasteiger partial charge < -0.3 is 4.90 Å². The summed E-state index contributed by atoms with van der Waals surface area (Å²) in [7, 11) is 0. The number of hydrogen-bond donors (Lipinski definition) is 0. The Kier molecular flexibility index (Phi) is 8.17. The van der Waals surface area contributed by atoms with Crippen molar-refractivity contribution in [1.29, 1.82) is 0 Å². The number of benzene rings is 9. The van der Waals surface area contributed by atoms with Crippen LogP contribution < -0.4 is 4.90 Å². The molecular weight excluding hydrogens is 767 g/mol. The molecule has 12 rings (SSSR count). The normalized spacial score (nSPS) is 14.1. The molecule has 10 aromatic rings. The Balaban J connectivity index is 0.925. The molecule has 1 heterocycles. The second kappa shape index (κ2) is 13.8. The summed E-state index contributed by atoms with van der Waals surface area (Å²) in [5.41, 5.74) is 21.4. The predicted octanol–water partition coefficient (Wildman–Crippen LogP) is 17.1. The largest absolute Gasteiger partial charge is 0.310 e. The quantitative estimate of drug-likeness (QED) is 0.162. The first-order chi connectivity index (χ1) is 30.2. The standard InChI is InChI=1S/C60H45NS/c1-59(2)53-16-10-8-14-47(53)49-31-28-45(36-55(49)59)61(46-29-32-50-48-30-24-43(38-12-6-5-7-13-38)35-54(48)60(3,4)56(50)37-46)44-26-22-40(23-27-44)39-18-20-41(21-19-39)42-25-33-58-52(34-42)51-15-9-11-17-57(51)62-58/h5-37H,1-4H3. The van der Waals surface area contributed by atoms with Crippen molar-refractivity contribution < 1.29 is 0 Å². The summed E-state index contributed by atoms with van der Waals surface area (Å²) < 4.78 is 2.67. The summed E-state index contributed by atoms with van der Waals surface area (Å²) >= 11 is 1.87. The van der Waals surface area contributed by atoms with Crippen LogP contribution in [0.1, 0.15) is 49.9 Å². The van der Waals surface area contributed by atoms with Crippen LogP contribution >= 0.6 is 11.3 Å². The Morgan fingerprint density at radius 2 is 0.742 bits per heavy atom. The van der Waals surface area contributed by atoms with Gasteiger partial charge in [0.1, 0.15) is 0 Å². The maximum atomic E-state index is 2.46.